The van der Waals surface area contributed by atoms with Gasteiger partial charge in [-0.3, -0.25) is 0 Å². The van der Waals surface area contributed by atoms with Crippen molar-refractivity contribution < 1.29 is 19.1 Å². The molecule has 1 amide bonds. The number of rotatable bonds is 10. The number of nitrogens with zero attached hydrogens (tertiary/aromatic N) is 1. The number of halogens is 1. The minimum atomic E-state index is -0.633. The zero-order valence-corrected chi connectivity index (χ0v) is 23.1. The van der Waals surface area contributed by atoms with E-state index in [0.717, 1.165) is 36.8 Å². The van der Waals surface area contributed by atoms with Gasteiger partial charge in [0.2, 0.25) is 0 Å². The standard InChI is InChI=1S/C29H39ClN2O4/c1-9-16-29(17-15-19(3)23(10-2)31-25(30)20(4)26(33)35-8)18-21-13-11-12-14-22(21)24(29)32-27(34)36-28(5,6)7/h10-14,24H,3-4,9,15-18H2,1-2,5-8H3,(H,32,34)/b23-10-,31-25+/t24-,29?/m1/s1. The SMILES string of the molecule is C=C(CCC1(CCC)Cc2ccccc2[C@H]1NC(=O)OC(C)(C)C)C(=C/C)/N=C(/Cl)C(=C)C(=O)OC. The van der Waals surface area contributed by atoms with E-state index in [1.807, 2.05) is 45.9 Å². The summed E-state index contributed by atoms with van der Waals surface area (Å²) in [6.45, 7) is 17.5. The van der Waals surface area contributed by atoms with Gasteiger partial charge in [0.15, 0.2) is 0 Å². The Labute approximate surface area is 220 Å². The summed E-state index contributed by atoms with van der Waals surface area (Å²) < 4.78 is 10.3. The van der Waals surface area contributed by atoms with E-state index in [1.54, 1.807) is 0 Å². The molecule has 2 atom stereocenters. The van der Waals surface area contributed by atoms with Gasteiger partial charge in [0.05, 0.1) is 24.4 Å². The minimum Gasteiger partial charge on any atom is -0.465 e. The molecular weight excluding hydrogens is 476 g/mol. The molecule has 1 N–H and O–H groups in total. The summed E-state index contributed by atoms with van der Waals surface area (Å²) in [7, 11) is 1.27. The Balaban J connectivity index is 2.31. The van der Waals surface area contributed by atoms with Crippen molar-refractivity contribution in [3.63, 3.8) is 0 Å². The average molecular weight is 515 g/mol. The Morgan fingerprint density at radius 3 is 2.50 bits per heavy atom. The maximum Gasteiger partial charge on any atom is 0.408 e. The fraction of sp³-hybridized carbons (Fsp3) is 0.483. The zero-order chi connectivity index (χ0) is 27.1. The van der Waals surface area contributed by atoms with Gasteiger partial charge in [0.1, 0.15) is 10.8 Å². The molecule has 1 unspecified atom stereocenters. The lowest BCUT2D eigenvalue weighted by molar-refractivity contribution is -0.135. The van der Waals surface area contributed by atoms with Crippen molar-refractivity contribution in [2.24, 2.45) is 10.4 Å². The second kappa shape index (κ2) is 12.4. The maximum atomic E-state index is 12.8. The molecule has 0 fully saturated rings. The van der Waals surface area contributed by atoms with Crippen molar-refractivity contribution in [1.82, 2.24) is 5.32 Å². The van der Waals surface area contributed by atoms with Crippen molar-refractivity contribution in [2.45, 2.75) is 78.4 Å². The second-order valence-electron chi connectivity index (χ2n) is 10.2. The maximum absolute atomic E-state index is 12.8. The zero-order valence-electron chi connectivity index (χ0n) is 22.4. The third-order valence-electron chi connectivity index (χ3n) is 6.39. The highest BCUT2D eigenvalue weighted by atomic mass is 35.5. The van der Waals surface area contributed by atoms with Gasteiger partial charge in [-0.25, -0.2) is 14.6 Å². The molecule has 0 radical (unpaired) electrons. The van der Waals surface area contributed by atoms with Crippen LogP contribution in [0.4, 0.5) is 4.79 Å². The van der Waals surface area contributed by atoms with Crippen molar-refractivity contribution in [3.8, 4) is 0 Å². The van der Waals surface area contributed by atoms with E-state index < -0.39 is 17.7 Å². The molecule has 6 nitrogen and oxygen atoms in total. The van der Waals surface area contributed by atoms with Gasteiger partial charge in [0, 0.05) is 0 Å². The fourth-order valence-electron chi connectivity index (χ4n) is 4.79. The quantitative estimate of drug-likeness (QED) is 0.155. The Kier molecular flexibility index (Phi) is 10.1. The number of carbonyl (C=O) groups is 2. The largest absolute Gasteiger partial charge is 0.465 e. The number of esters is 1. The molecule has 2 rings (SSSR count). The number of alkyl carbamates (subject to hydrolysis) is 1. The van der Waals surface area contributed by atoms with E-state index in [-0.39, 0.29) is 22.2 Å². The Bertz CT molecular complexity index is 1070. The third kappa shape index (κ3) is 7.33. The molecular formula is C29H39ClN2O4. The molecule has 0 bridgehead atoms. The van der Waals surface area contributed by atoms with Crippen LogP contribution in [0.1, 0.15) is 77.5 Å². The average Bonchev–Trinajstić information content (AvgIpc) is 3.11. The normalized spacial score (nSPS) is 19.9. The van der Waals surface area contributed by atoms with Crippen molar-refractivity contribution in [1.29, 1.82) is 0 Å². The number of benzene rings is 1. The van der Waals surface area contributed by atoms with Crippen LogP contribution in [0.3, 0.4) is 0 Å². The Morgan fingerprint density at radius 2 is 1.92 bits per heavy atom. The molecule has 1 aromatic rings. The van der Waals surface area contributed by atoms with Gasteiger partial charge in [-0.1, -0.05) is 68.4 Å². The summed E-state index contributed by atoms with van der Waals surface area (Å²) in [5.74, 6) is -0.633. The van der Waals surface area contributed by atoms with Gasteiger partial charge in [-0.05, 0) is 75.5 Å². The number of nitrogens with one attached hydrogen (secondary N) is 1. The van der Waals surface area contributed by atoms with Crippen LogP contribution in [0, 0.1) is 5.41 Å². The van der Waals surface area contributed by atoms with E-state index >= 15 is 0 Å². The van der Waals surface area contributed by atoms with E-state index in [2.05, 4.69) is 47.3 Å². The molecule has 1 aromatic carbocycles. The summed E-state index contributed by atoms with van der Waals surface area (Å²) in [6, 6.07) is 8.07. The van der Waals surface area contributed by atoms with E-state index in [1.165, 1.54) is 12.7 Å². The monoisotopic (exact) mass is 514 g/mol. The first-order chi connectivity index (χ1) is 16.9. The highest BCUT2D eigenvalue weighted by Crippen LogP contribution is 2.52. The molecule has 0 aliphatic heterocycles. The lowest BCUT2D eigenvalue weighted by Crippen LogP contribution is -2.41. The van der Waals surface area contributed by atoms with Crippen LogP contribution >= 0.6 is 11.6 Å². The van der Waals surface area contributed by atoms with Crippen molar-refractivity contribution in [3.05, 3.63) is 71.5 Å². The molecule has 0 saturated heterocycles. The number of hydrogen-bond acceptors (Lipinski definition) is 5. The highest BCUT2D eigenvalue weighted by molar-refractivity contribution is 6.72. The highest BCUT2D eigenvalue weighted by Gasteiger charge is 2.46. The first kappa shape index (κ1) is 29.4. The molecule has 0 spiro atoms. The number of ether oxygens (including phenoxy) is 2. The van der Waals surface area contributed by atoms with Crippen LogP contribution in [-0.2, 0) is 20.7 Å². The first-order valence-electron chi connectivity index (χ1n) is 12.3. The van der Waals surface area contributed by atoms with Crippen molar-refractivity contribution in [2.75, 3.05) is 7.11 Å². The summed E-state index contributed by atoms with van der Waals surface area (Å²) in [4.78, 5) is 29.0. The van der Waals surface area contributed by atoms with E-state index in [0.29, 0.717) is 12.1 Å². The van der Waals surface area contributed by atoms with Crippen LogP contribution in [-0.4, -0.2) is 29.9 Å². The first-order valence-corrected chi connectivity index (χ1v) is 12.7. The van der Waals surface area contributed by atoms with Crippen LogP contribution in [0.2, 0.25) is 0 Å². The smallest absolute Gasteiger partial charge is 0.408 e. The van der Waals surface area contributed by atoms with E-state index in [9.17, 15) is 9.59 Å². The number of hydrogen-bond donors (Lipinski definition) is 1. The van der Waals surface area contributed by atoms with Gasteiger partial charge >= 0.3 is 12.1 Å². The van der Waals surface area contributed by atoms with Gasteiger partial charge in [-0.2, -0.15) is 0 Å². The van der Waals surface area contributed by atoms with Gasteiger partial charge in [0.25, 0.3) is 0 Å². The lowest BCUT2D eigenvalue weighted by Gasteiger charge is -2.37. The predicted octanol–water partition coefficient (Wildman–Crippen LogP) is 7.20. The fourth-order valence-corrected chi connectivity index (χ4v) is 4.96. The topological polar surface area (TPSA) is 77.0 Å². The summed E-state index contributed by atoms with van der Waals surface area (Å²) in [5.41, 5.74) is 2.93. The molecule has 0 heterocycles. The Hall–Kier alpha value is -2.86. The molecule has 36 heavy (non-hydrogen) atoms. The number of methoxy groups -OCH3 is 1. The summed E-state index contributed by atoms with van der Waals surface area (Å²) in [5, 5.41) is 3.15. The summed E-state index contributed by atoms with van der Waals surface area (Å²) >= 11 is 6.23. The third-order valence-corrected chi connectivity index (χ3v) is 6.70. The number of amides is 1. The predicted molar refractivity (Wildman–Crippen MR) is 146 cm³/mol. The second-order valence-corrected chi connectivity index (χ2v) is 10.6. The number of allylic oxidation sites excluding steroid dienone is 2. The van der Waals surface area contributed by atoms with Crippen LogP contribution in [0.15, 0.2) is 65.3 Å². The minimum absolute atomic E-state index is 0.0124. The lowest BCUT2D eigenvalue weighted by atomic mass is 9.72. The molecule has 7 heteroatoms. The van der Waals surface area contributed by atoms with Gasteiger partial charge in [-0.15, -0.1) is 0 Å². The molecule has 1 aliphatic rings. The van der Waals surface area contributed by atoms with Crippen molar-refractivity contribution >= 4 is 28.8 Å². The molecule has 1 aliphatic carbocycles. The van der Waals surface area contributed by atoms with Gasteiger partial charge < -0.3 is 14.8 Å². The van der Waals surface area contributed by atoms with Crippen LogP contribution in [0.5, 0.6) is 0 Å². The van der Waals surface area contributed by atoms with Crippen LogP contribution in [0.25, 0.3) is 0 Å². The Morgan fingerprint density at radius 1 is 1.25 bits per heavy atom. The van der Waals surface area contributed by atoms with Crippen LogP contribution < -0.4 is 5.32 Å². The molecule has 196 valence electrons. The molecule has 0 aromatic heterocycles. The molecule has 0 saturated carbocycles. The number of fused-ring (bicyclic) bond motifs is 1. The number of aliphatic imine (C=N–C) groups is 1. The number of carbonyl (C=O) groups excluding carboxylic acids is 2. The summed E-state index contributed by atoms with van der Waals surface area (Å²) in [6.07, 6.45) is 5.53. The van der Waals surface area contributed by atoms with E-state index in [4.69, 9.17) is 16.3 Å².